The monoisotopic (exact) mass is 322 g/mol. The molecule has 128 valence electrons. The van der Waals surface area contributed by atoms with Crippen LogP contribution in [0.15, 0.2) is 27.8 Å². The van der Waals surface area contributed by atoms with E-state index in [4.69, 9.17) is 4.42 Å². The van der Waals surface area contributed by atoms with Gasteiger partial charge in [0.2, 0.25) is 5.91 Å². The Morgan fingerprint density at radius 2 is 2.39 bits per heavy atom. The van der Waals surface area contributed by atoms with Crippen LogP contribution in [-0.2, 0) is 10.4 Å². The maximum atomic E-state index is 11.7. The number of hydrogen-bond donors (Lipinski definition) is 3. The molecule has 1 fully saturated rings. The molecule has 1 saturated heterocycles. The Kier molecular flexibility index (Phi) is 5.65. The molecule has 0 spiro atoms. The third kappa shape index (κ3) is 4.48. The first kappa shape index (κ1) is 17.3. The second-order valence-electron chi connectivity index (χ2n) is 6.00. The number of carbonyl (C=O) groups is 1. The second kappa shape index (κ2) is 7.50. The number of hydrogen-bond acceptors (Lipinski definition) is 4. The van der Waals surface area contributed by atoms with E-state index in [1.54, 1.807) is 26.1 Å². The van der Waals surface area contributed by atoms with Gasteiger partial charge in [-0.1, -0.05) is 6.92 Å². The molecule has 7 nitrogen and oxygen atoms in total. The van der Waals surface area contributed by atoms with Crippen LogP contribution in [0.1, 0.15) is 32.4 Å². The minimum Gasteiger partial charge on any atom is -0.466 e. The standard InChI is InChI=1S/C16H26N4O3/c1-4-14(21)20-8-7-12(10-20)19-15(17-3)18-11-16(2,22)13-6-5-9-23-13/h5-6,9,12,22H,4,7-8,10-11H2,1-3H3,(H2,17,18,19). The summed E-state index contributed by atoms with van der Waals surface area (Å²) in [7, 11) is 1.68. The SMILES string of the molecule is CCC(=O)N1CCC(NC(=NC)NCC(C)(O)c2ccco2)C1. The third-order valence-electron chi connectivity index (χ3n) is 4.06. The van der Waals surface area contributed by atoms with Crippen LogP contribution in [0.2, 0.25) is 0 Å². The zero-order valence-corrected chi connectivity index (χ0v) is 14.0. The lowest BCUT2D eigenvalue weighted by Gasteiger charge is -2.24. The summed E-state index contributed by atoms with van der Waals surface area (Å²) in [4.78, 5) is 17.8. The fourth-order valence-corrected chi connectivity index (χ4v) is 2.64. The molecule has 0 bridgehead atoms. The lowest BCUT2D eigenvalue weighted by Crippen LogP contribution is -2.48. The van der Waals surface area contributed by atoms with Gasteiger partial charge in [-0.05, 0) is 25.5 Å². The molecule has 2 rings (SSSR count). The number of amides is 1. The summed E-state index contributed by atoms with van der Waals surface area (Å²) in [6, 6.07) is 3.66. The van der Waals surface area contributed by atoms with Crippen molar-refractivity contribution in [1.29, 1.82) is 0 Å². The summed E-state index contributed by atoms with van der Waals surface area (Å²) in [6.45, 7) is 5.28. The highest BCUT2D eigenvalue weighted by atomic mass is 16.4. The highest BCUT2D eigenvalue weighted by molar-refractivity contribution is 5.80. The summed E-state index contributed by atoms with van der Waals surface area (Å²) in [5.74, 6) is 1.28. The topological polar surface area (TPSA) is 90.1 Å². The quantitative estimate of drug-likeness (QED) is 0.547. The van der Waals surface area contributed by atoms with Gasteiger partial charge in [-0.2, -0.15) is 0 Å². The van der Waals surface area contributed by atoms with E-state index in [-0.39, 0.29) is 18.5 Å². The molecular formula is C16H26N4O3. The van der Waals surface area contributed by atoms with E-state index >= 15 is 0 Å². The molecule has 1 aliphatic rings. The van der Waals surface area contributed by atoms with E-state index in [1.807, 2.05) is 11.8 Å². The predicted octanol–water partition coefficient (Wildman–Crippen LogP) is 0.663. The first-order chi connectivity index (χ1) is 11.0. The van der Waals surface area contributed by atoms with Crippen molar-refractivity contribution < 1.29 is 14.3 Å². The maximum absolute atomic E-state index is 11.7. The molecule has 1 aromatic rings. The summed E-state index contributed by atoms with van der Waals surface area (Å²) < 4.78 is 5.26. The van der Waals surface area contributed by atoms with E-state index in [0.29, 0.717) is 24.7 Å². The Balaban J connectivity index is 1.84. The van der Waals surface area contributed by atoms with Crippen LogP contribution in [-0.4, -0.2) is 54.6 Å². The summed E-state index contributed by atoms with van der Waals surface area (Å²) in [6.07, 6.45) is 2.96. The van der Waals surface area contributed by atoms with E-state index in [1.165, 1.54) is 6.26 Å². The third-order valence-corrected chi connectivity index (χ3v) is 4.06. The zero-order valence-electron chi connectivity index (χ0n) is 14.0. The molecule has 1 aromatic heterocycles. The van der Waals surface area contributed by atoms with Gasteiger partial charge in [0, 0.05) is 32.6 Å². The summed E-state index contributed by atoms with van der Waals surface area (Å²) in [5.41, 5.74) is -1.12. The van der Waals surface area contributed by atoms with Gasteiger partial charge in [-0.15, -0.1) is 0 Å². The number of likely N-dealkylation sites (tertiary alicyclic amines) is 1. The fraction of sp³-hybridized carbons (Fsp3) is 0.625. The van der Waals surface area contributed by atoms with Crippen LogP contribution in [0.3, 0.4) is 0 Å². The number of guanidine groups is 1. The number of aliphatic imine (C=N–C) groups is 1. The smallest absolute Gasteiger partial charge is 0.222 e. The Morgan fingerprint density at radius 1 is 1.61 bits per heavy atom. The average molecular weight is 322 g/mol. The molecule has 2 atom stereocenters. The Bertz CT molecular complexity index is 540. The number of rotatable bonds is 5. The van der Waals surface area contributed by atoms with E-state index in [2.05, 4.69) is 15.6 Å². The zero-order chi connectivity index (χ0) is 16.9. The second-order valence-corrected chi connectivity index (χ2v) is 6.00. The Labute approximate surface area is 136 Å². The van der Waals surface area contributed by atoms with Crippen LogP contribution in [0.5, 0.6) is 0 Å². The first-order valence-corrected chi connectivity index (χ1v) is 7.97. The van der Waals surface area contributed by atoms with E-state index < -0.39 is 5.60 Å². The average Bonchev–Trinajstić information content (AvgIpc) is 3.22. The van der Waals surface area contributed by atoms with Crippen molar-refractivity contribution in [2.45, 2.75) is 38.3 Å². The molecule has 2 unspecified atom stereocenters. The van der Waals surface area contributed by atoms with Gasteiger partial charge >= 0.3 is 0 Å². The van der Waals surface area contributed by atoms with Gasteiger partial charge in [0.25, 0.3) is 0 Å². The molecule has 0 aromatic carbocycles. The van der Waals surface area contributed by atoms with Gasteiger partial charge in [0.05, 0.1) is 12.8 Å². The van der Waals surface area contributed by atoms with Crippen LogP contribution >= 0.6 is 0 Å². The minimum absolute atomic E-state index is 0.172. The normalized spacial score (nSPS) is 21.1. The van der Waals surface area contributed by atoms with E-state index in [9.17, 15) is 9.90 Å². The van der Waals surface area contributed by atoms with Crippen LogP contribution in [0.4, 0.5) is 0 Å². The van der Waals surface area contributed by atoms with Crippen molar-refractivity contribution in [2.24, 2.45) is 4.99 Å². The number of carbonyl (C=O) groups excluding carboxylic acids is 1. The molecule has 7 heteroatoms. The number of nitrogens with one attached hydrogen (secondary N) is 2. The van der Waals surface area contributed by atoms with Crippen molar-refractivity contribution >= 4 is 11.9 Å². The highest BCUT2D eigenvalue weighted by Gasteiger charge is 2.28. The summed E-state index contributed by atoms with van der Waals surface area (Å²) >= 11 is 0. The minimum atomic E-state index is -1.12. The van der Waals surface area contributed by atoms with Gasteiger partial charge in [0.15, 0.2) is 5.96 Å². The molecule has 0 aliphatic carbocycles. The number of furan rings is 1. The van der Waals surface area contributed by atoms with Crippen LogP contribution in [0.25, 0.3) is 0 Å². The number of aliphatic hydroxyl groups is 1. The van der Waals surface area contributed by atoms with Crippen molar-refractivity contribution in [3.63, 3.8) is 0 Å². The van der Waals surface area contributed by atoms with Crippen LogP contribution in [0, 0.1) is 0 Å². The van der Waals surface area contributed by atoms with Gasteiger partial charge in [-0.25, -0.2) is 0 Å². The van der Waals surface area contributed by atoms with Gasteiger partial charge in [0.1, 0.15) is 11.4 Å². The molecule has 23 heavy (non-hydrogen) atoms. The molecule has 0 radical (unpaired) electrons. The van der Waals surface area contributed by atoms with Crippen molar-refractivity contribution in [3.05, 3.63) is 24.2 Å². The lowest BCUT2D eigenvalue weighted by molar-refractivity contribution is -0.129. The molecule has 2 heterocycles. The van der Waals surface area contributed by atoms with Gasteiger partial charge < -0.3 is 25.1 Å². The molecular weight excluding hydrogens is 296 g/mol. The molecule has 3 N–H and O–H groups in total. The lowest BCUT2D eigenvalue weighted by atomic mass is 10.0. The Morgan fingerprint density at radius 3 is 3.00 bits per heavy atom. The van der Waals surface area contributed by atoms with Gasteiger partial charge in [-0.3, -0.25) is 9.79 Å². The molecule has 0 saturated carbocycles. The van der Waals surface area contributed by atoms with E-state index in [0.717, 1.165) is 13.0 Å². The maximum Gasteiger partial charge on any atom is 0.222 e. The van der Waals surface area contributed by atoms with Crippen LogP contribution < -0.4 is 10.6 Å². The highest BCUT2D eigenvalue weighted by Crippen LogP contribution is 2.19. The predicted molar refractivity (Wildman–Crippen MR) is 88.1 cm³/mol. The Hall–Kier alpha value is -2.02. The molecule has 1 amide bonds. The number of nitrogens with zero attached hydrogens (tertiary/aromatic N) is 2. The van der Waals surface area contributed by atoms with Crippen molar-refractivity contribution in [1.82, 2.24) is 15.5 Å². The fourth-order valence-electron chi connectivity index (χ4n) is 2.64. The van der Waals surface area contributed by atoms with Crippen molar-refractivity contribution in [3.8, 4) is 0 Å². The largest absolute Gasteiger partial charge is 0.466 e. The first-order valence-electron chi connectivity index (χ1n) is 7.97. The van der Waals surface area contributed by atoms with Crippen molar-refractivity contribution in [2.75, 3.05) is 26.7 Å². The summed E-state index contributed by atoms with van der Waals surface area (Å²) in [5, 5.41) is 16.8. The molecule has 1 aliphatic heterocycles.